The number of halogens is 2. The first-order valence-electron chi connectivity index (χ1n) is 7.89. The van der Waals surface area contributed by atoms with Crippen molar-refractivity contribution in [2.24, 2.45) is 5.41 Å². The van der Waals surface area contributed by atoms with Gasteiger partial charge >= 0.3 is 0 Å². The Labute approximate surface area is 151 Å². The number of anilines is 1. The number of benzene rings is 2. The van der Waals surface area contributed by atoms with Gasteiger partial charge in [-0.25, -0.2) is 4.39 Å². The van der Waals surface area contributed by atoms with Gasteiger partial charge in [-0.2, -0.15) is 0 Å². The zero-order chi connectivity index (χ0) is 18.4. The largest absolute Gasteiger partial charge is 0.355 e. The van der Waals surface area contributed by atoms with Crippen molar-refractivity contribution in [2.75, 3.05) is 11.9 Å². The van der Waals surface area contributed by atoms with Crippen molar-refractivity contribution in [3.05, 3.63) is 64.9 Å². The van der Waals surface area contributed by atoms with Crippen molar-refractivity contribution in [2.45, 2.75) is 20.3 Å². The molecule has 0 aliphatic carbocycles. The van der Waals surface area contributed by atoms with Crippen molar-refractivity contribution >= 4 is 29.1 Å². The number of hydrogen-bond donors (Lipinski definition) is 2. The summed E-state index contributed by atoms with van der Waals surface area (Å²) in [5, 5.41) is 5.85. The van der Waals surface area contributed by atoms with Crippen LogP contribution in [0.5, 0.6) is 0 Å². The van der Waals surface area contributed by atoms with E-state index >= 15 is 0 Å². The van der Waals surface area contributed by atoms with Crippen LogP contribution < -0.4 is 10.6 Å². The topological polar surface area (TPSA) is 58.2 Å². The number of nitrogens with one attached hydrogen (secondary N) is 2. The number of para-hydroxylation sites is 1. The zero-order valence-electron chi connectivity index (χ0n) is 14.1. The van der Waals surface area contributed by atoms with E-state index in [9.17, 15) is 14.0 Å². The summed E-state index contributed by atoms with van der Waals surface area (Å²) in [6, 6.07) is 13.2. The van der Waals surface area contributed by atoms with Crippen LogP contribution in [0.1, 0.15) is 19.4 Å². The predicted octanol–water partition coefficient (Wildman–Crippen LogP) is 3.80. The number of rotatable bonds is 6. The highest BCUT2D eigenvalue weighted by atomic mass is 35.5. The molecule has 0 fully saturated rings. The van der Waals surface area contributed by atoms with Crippen LogP contribution in [0, 0.1) is 11.2 Å². The molecule has 0 heterocycles. The maximum absolute atomic E-state index is 13.6. The first-order valence-corrected chi connectivity index (χ1v) is 8.27. The van der Waals surface area contributed by atoms with Crippen LogP contribution in [-0.4, -0.2) is 18.4 Å². The van der Waals surface area contributed by atoms with E-state index in [1.807, 2.05) is 12.1 Å². The zero-order valence-corrected chi connectivity index (χ0v) is 14.9. The fourth-order valence-electron chi connectivity index (χ4n) is 2.14. The van der Waals surface area contributed by atoms with Gasteiger partial charge in [-0.15, -0.1) is 0 Å². The smallest absolute Gasteiger partial charge is 0.239 e. The molecule has 2 aromatic carbocycles. The molecule has 0 aliphatic rings. The Balaban J connectivity index is 1.91. The summed E-state index contributed by atoms with van der Waals surface area (Å²) in [5.41, 5.74) is -0.254. The van der Waals surface area contributed by atoms with Gasteiger partial charge in [0.1, 0.15) is 11.2 Å². The van der Waals surface area contributed by atoms with Crippen LogP contribution in [-0.2, 0) is 16.0 Å². The minimum atomic E-state index is -1.33. The van der Waals surface area contributed by atoms with Gasteiger partial charge in [-0.05, 0) is 50.1 Å². The van der Waals surface area contributed by atoms with Crippen molar-refractivity contribution < 1.29 is 14.0 Å². The van der Waals surface area contributed by atoms with Crippen LogP contribution in [0.4, 0.5) is 10.1 Å². The van der Waals surface area contributed by atoms with Crippen molar-refractivity contribution in [3.8, 4) is 0 Å². The van der Waals surface area contributed by atoms with Gasteiger partial charge < -0.3 is 10.6 Å². The summed E-state index contributed by atoms with van der Waals surface area (Å²) in [6.07, 6.45) is 0.619. The van der Waals surface area contributed by atoms with Gasteiger partial charge in [-0.3, -0.25) is 9.59 Å². The summed E-state index contributed by atoms with van der Waals surface area (Å²) in [4.78, 5) is 24.7. The standard InChI is InChI=1S/C19H20ClFN2O2/c1-19(2,18(25)23-16-6-4-3-5-15(16)21)17(24)22-12-11-13-7-9-14(20)10-8-13/h3-10H,11-12H2,1-2H3,(H,22,24)(H,23,25). The Kier molecular flexibility index (Phi) is 6.15. The molecular formula is C19H20ClFN2O2. The quantitative estimate of drug-likeness (QED) is 0.768. The molecule has 0 spiro atoms. The molecule has 0 unspecified atom stereocenters. The molecule has 6 heteroatoms. The predicted molar refractivity (Wildman–Crippen MR) is 97.0 cm³/mol. The Bertz CT molecular complexity index is 760. The number of hydrogen-bond acceptors (Lipinski definition) is 2. The van der Waals surface area contributed by atoms with Gasteiger partial charge in [0, 0.05) is 11.6 Å². The van der Waals surface area contributed by atoms with E-state index in [-0.39, 0.29) is 5.69 Å². The maximum atomic E-state index is 13.6. The molecule has 4 nitrogen and oxygen atoms in total. The SMILES string of the molecule is CC(C)(C(=O)NCCc1ccc(Cl)cc1)C(=O)Nc1ccccc1F. The van der Waals surface area contributed by atoms with Crippen LogP contribution in [0.15, 0.2) is 48.5 Å². The molecule has 0 saturated heterocycles. The highest BCUT2D eigenvalue weighted by Crippen LogP contribution is 2.20. The number of amides is 2. The minimum absolute atomic E-state index is 0.0505. The van der Waals surface area contributed by atoms with Gasteiger partial charge in [0.15, 0.2) is 0 Å². The summed E-state index contributed by atoms with van der Waals surface area (Å²) in [5.74, 6) is -1.54. The van der Waals surface area contributed by atoms with Crippen LogP contribution >= 0.6 is 11.6 Å². The maximum Gasteiger partial charge on any atom is 0.239 e. The average molecular weight is 363 g/mol. The molecule has 2 rings (SSSR count). The lowest BCUT2D eigenvalue weighted by atomic mass is 9.90. The van der Waals surface area contributed by atoms with E-state index in [0.717, 1.165) is 5.56 Å². The third-order valence-corrected chi connectivity index (χ3v) is 4.12. The fraction of sp³-hybridized carbons (Fsp3) is 0.263. The first kappa shape index (κ1) is 18.9. The number of carbonyl (C=O) groups is 2. The molecule has 2 amide bonds. The monoisotopic (exact) mass is 362 g/mol. The molecule has 0 bridgehead atoms. The summed E-state index contributed by atoms with van der Waals surface area (Å²) < 4.78 is 13.6. The molecular weight excluding hydrogens is 343 g/mol. The van der Waals surface area contributed by atoms with E-state index < -0.39 is 23.0 Å². The molecule has 2 N–H and O–H groups in total. The normalized spacial score (nSPS) is 11.0. The van der Waals surface area contributed by atoms with E-state index in [4.69, 9.17) is 11.6 Å². The molecule has 25 heavy (non-hydrogen) atoms. The third-order valence-electron chi connectivity index (χ3n) is 3.87. The van der Waals surface area contributed by atoms with Gasteiger partial charge in [-0.1, -0.05) is 35.9 Å². The molecule has 0 atom stereocenters. The fourth-order valence-corrected chi connectivity index (χ4v) is 2.26. The van der Waals surface area contributed by atoms with E-state index in [1.165, 1.54) is 32.0 Å². The molecule has 0 aromatic heterocycles. The molecule has 132 valence electrons. The van der Waals surface area contributed by atoms with Crippen LogP contribution in [0.2, 0.25) is 5.02 Å². The second-order valence-electron chi connectivity index (χ2n) is 6.19. The molecule has 0 saturated carbocycles. The summed E-state index contributed by atoms with van der Waals surface area (Å²) >= 11 is 5.83. The van der Waals surface area contributed by atoms with Crippen LogP contribution in [0.25, 0.3) is 0 Å². The summed E-state index contributed by atoms with van der Waals surface area (Å²) in [7, 11) is 0. The Morgan fingerprint density at radius 1 is 1.04 bits per heavy atom. The van der Waals surface area contributed by atoms with Crippen LogP contribution in [0.3, 0.4) is 0 Å². The second-order valence-corrected chi connectivity index (χ2v) is 6.63. The highest BCUT2D eigenvalue weighted by Gasteiger charge is 2.36. The number of carbonyl (C=O) groups excluding carboxylic acids is 2. The highest BCUT2D eigenvalue weighted by molar-refractivity contribution is 6.30. The van der Waals surface area contributed by atoms with E-state index in [1.54, 1.807) is 18.2 Å². The van der Waals surface area contributed by atoms with Gasteiger partial charge in [0.25, 0.3) is 0 Å². The average Bonchev–Trinajstić information content (AvgIpc) is 2.58. The van der Waals surface area contributed by atoms with Gasteiger partial charge in [0.2, 0.25) is 11.8 Å². The minimum Gasteiger partial charge on any atom is -0.355 e. The lowest BCUT2D eigenvalue weighted by Gasteiger charge is -2.23. The third kappa shape index (κ3) is 5.03. The van der Waals surface area contributed by atoms with E-state index in [0.29, 0.717) is 18.0 Å². The van der Waals surface area contributed by atoms with Crippen molar-refractivity contribution in [1.29, 1.82) is 0 Å². The van der Waals surface area contributed by atoms with Crippen molar-refractivity contribution in [3.63, 3.8) is 0 Å². The van der Waals surface area contributed by atoms with Crippen molar-refractivity contribution in [1.82, 2.24) is 5.32 Å². The lowest BCUT2D eigenvalue weighted by Crippen LogP contribution is -2.45. The Morgan fingerprint density at radius 3 is 2.32 bits per heavy atom. The lowest BCUT2D eigenvalue weighted by molar-refractivity contribution is -0.138. The Hall–Kier alpha value is -2.40. The van der Waals surface area contributed by atoms with Gasteiger partial charge in [0.05, 0.1) is 5.69 Å². The summed E-state index contributed by atoms with van der Waals surface area (Å²) in [6.45, 7) is 3.39. The van der Waals surface area contributed by atoms with E-state index in [2.05, 4.69) is 10.6 Å². The molecule has 0 radical (unpaired) electrons. The molecule has 2 aromatic rings. The second kappa shape index (κ2) is 8.12. The first-order chi connectivity index (χ1) is 11.8. The molecule has 0 aliphatic heterocycles. The Morgan fingerprint density at radius 2 is 1.68 bits per heavy atom.